The van der Waals surface area contributed by atoms with Gasteiger partial charge in [-0.2, -0.15) is 0 Å². The lowest BCUT2D eigenvalue weighted by molar-refractivity contribution is 0.0697. The van der Waals surface area contributed by atoms with Gasteiger partial charge in [0.15, 0.2) is 0 Å². The van der Waals surface area contributed by atoms with Gasteiger partial charge in [-0.25, -0.2) is 9.78 Å². The maximum atomic E-state index is 11.0. The molecule has 0 saturated heterocycles. The number of carboxylic acid groups (broad SMARTS) is 1. The largest absolute Gasteiger partial charge is 0.478 e. The molecule has 0 amide bonds. The zero-order valence-electron chi connectivity index (χ0n) is 11.6. The summed E-state index contributed by atoms with van der Waals surface area (Å²) in [7, 11) is 4.09. The van der Waals surface area contributed by atoms with E-state index in [9.17, 15) is 4.79 Å². The third-order valence-electron chi connectivity index (χ3n) is 3.17. The molecule has 1 aromatic carbocycles. The molecule has 0 spiro atoms. The number of aryl methyl sites for hydroxylation is 2. The number of rotatable bonds is 5. The minimum atomic E-state index is -0.902. The van der Waals surface area contributed by atoms with Crippen molar-refractivity contribution in [2.75, 3.05) is 20.6 Å². The van der Waals surface area contributed by atoms with E-state index in [2.05, 4.69) is 14.5 Å². The third-order valence-corrected chi connectivity index (χ3v) is 3.17. The zero-order valence-corrected chi connectivity index (χ0v) is 11.6. The van der Waals surface area contributed by atoms with Gasteiger partial charge in [0.2, 0.25) is 0 Å². The number of carbonyl (C=O) groups is 1. The Morgan fingerprint density at radius 2 is 2.16 bits per heavy atom. The van der Waals surface area contributed by atoms with E-state index in [-0.39, 0.29) is 0 Å². The van der Waals surface area contributed by atoms with Crippen LogP contribution in [0.15, 0.2) is 18.2 Å². The van der Waals surface area contributed by atoms with E-state index in [1.54, 1.807) is 18.2 Å². The van der Waals surface area contributed by atoms with Crippen LogP contribution in [-0.4, -0.2) is 46.2 Å². The molecule has 0 bridgehead atoms. The molecule has 0 unspecified atom stereocenters. The summed E-state index contributed by atoms with van der Waals surface area (Å²) in [5.74, 6) is 0.0249. The highest BCUT2D eigenvalue weighted by Crippen LogP contribution is 2.18. The Hall–Kier alpha value is -1.88. The number of nitrogens with zero attached hydrogens (tertiary/aromatic N) is 3. The molecule has 0 saturated carbocycles. The Labute approximate surface area is 112 Å². The molecular formula is C14H19N3O2. The van der Waals surface area contributed by atoms with Crippen molar-refractivity contribution in [1.82, 2.24) is 14.5 Å². The number of benzene rings is 1. The number of hydrogen-bond acceptors (Lipinski definition) is 3. The molecule has 5 heteroatoms. The van der Waals surface area contributed by atoms with Gasteiger partial charge in [-0.15, -0.1) is 0 Å². The zero-order chi connectivity index (χ0) is 14.0. The maximum Gasteiger partial charge on any atom is 0.335 e. The lowest BCUT2D eigenvalue weighted by Crippen LogP contribution is -2.15. The van der Waals surface area contributed by atoms with E-state index in [0.717, 1.165) is 36.4 Å². The molecule has 0 fully saturated rings. The summed E-state index contributed by atoms with van der Waals surface area (Å²) in [5.41, 5.74) is 2.06. The molecule has 0 aliphatic carbocycles. The Bertz CT molecular complexity index is 602. The highest BCUT2D eigenvalue weighted by atomic mass is 16.4. The van der Waals surface area contributed by atoms with Gasteiger partial charge < -0.3 is 14.6 Å². The van der Waals surface area contributed by atoms with Gasteiger partial charge in [0, 0.05) is 6.54 Å². The van der Waals surface area contributed by atoms with Crippen molar-refractivity contribution in [1.29, 1.82) is 0 Å². The van der Waals surface area contributed by atoms with Crippen LogP contribution in [0.4, 0.5) is 0 Å². The molecule has 2 aromatic rings. The molecule has 19 heavy (non-hydrogen) atoms. The average molecular weight is 261 g/mol. The predicted molar refractivity (Wildman–Crippen MR) is 74.6 cm³/mol. The van der Waals surface area contributed by atoms with Crippen LogP contribution in [0.25, 0.3) is 11.0 Å². The fourth-order valence-corrected chi connectivity index (χ4v) is 2.20. The second kappa shape index (κ2) is 5.40. The van der Waals surface area contributed by atoms with Gasteiger partial charge >= 0.3 is 5.97 Å². The van der Waals surface area contributed by atoms with Crippen molar-refractivity contribution < 1.29 is 9.90 Å². The Morgan fingerprint density at radius 3 is 2.79 bits per heavy atom. The monoisotopic (exact) mass is 261 g/mol. The van der Waals surface area contributed by atoms with Crippen LogP contribution in [0, 0.1) is 6.92 Å². The normalized spacial score (nSPS) is 11.4. The standard InChI is InChI=1S/C14H19N3O2/c1-10-15-12-6-5-11(14(18)19)9-13(12)17(10)8-4-7-16(2)3/h5-6,9H,4,7-8H2,1-3H3,(H,18,19). The van der Waals surface area contributed by atoms with Gasteiger partial charge in [-0.3, -0.25) is 0 Å². The van der Waals surface area contributed by atoms with Crippen LogP contribution in [0.3, 0.4) is 0 Å². The summed E-state index contributed by atoms with van der Waals surface area (Å²) in [4.78, 5) is 17.6. The summed E-state index contributed by atoms with van der Waals surface area (Å²) >= 11 is 0. The Balaban J connectivity index is 2.33. The minimum absolute atomic E-state index is 0.307. The molecule has 5 nitrogen and oxygen atoms in total. The number of fused-ring (bicyclic) bond motifs is 1. The van der Waals surface area contributed by atoms with E-state index in [1.165, 1.54) is 0 Å². The molecule has 1 N–H and O–H groups in total. The van der Waals surface area contributed by atoms with E-state index in [1.807, 2.05) is 21.0 Å². The van der Waals surface area contributed by atoms with E-state index >= 15 is 0 Å². The minimum Gasteiger partial charge on any atom is -0.478 e. The first-order valence-electron chi connectivity index (χ1n) is 6.34. The molecule has 102 valence electrons. The first kappa shape index (κ1) is 13.5. The number of carboxylic acids is 1. The molecule has 0 aliphatic heterocycles. The van der Waals surface area contributed by atoms with Crippen molar-refractivity contribution in [3.05, 3.63) is 29.6 Å². The molecular weight excluding hydrogens is 242 g/mol. The van der Waals surface area contributed by atoms with Crippen LogP contribution in [0.1, 0.15) is 22.6 Å². The average Bonchev–Trinajstić information content (AvgIpc) is 2.64. The number of imidazole rings is 1. The molecule has 0 radical (unpaired) electrons. The highest BCUT2D eigenvalue weighted by molar-refractivity contribution is 5.92. The summed E-state index contributed by atoms with van der Waals surface area (Å²) in [6.45, 7) is 3.80. The van der Waals surface area contributed by atoms with Gasteiger partial charge in [-0.05, 0) is 52.2 Å². The topological polar surface area (TPSA) is 58.4 Å². The van der Waals surface area contributed by atoms with Crippen molar-refractivity contribution in [3.8, 4) is 0 Å². The summed E-state index contributed by atoms with van der Waals surface area (Å²) in [6, 6.07) is 5.07. The quantitative estimate of drug-likeness (QED) is 0.894. The van der Waals surface area contributed by atoms with Gasteiger partial charge in [0.25, 0.3) is 0 Å². The van der Waals surface area contributed by atoms with Gasteiger partial charge in [-0.1, -0.05) is 0 Å². The molecule has 1 aromatic heterocycles. The van der Waals surface area contributed by atoms with Gasteiger partial charge in [0.1, 0.15) is 5.82 Å². The summed E-state index contributed by atoms with van der Waals surface area (Å²) in [6.07, 6.45) is 1.01. The van der Waals surface area contributed by atoms with Crippen molar-refractivity contribution in [2.45, 2.75) is 19.9 Å². The van der Waals surface area contributed by atoms with Crippen LogP contribution < -0.4 is 0 Å². The van der Waals surface area contributed by atoms with Crippen molar-refractivity contribution in [3.63, 3.8) is 0 Å². The smallest absolute Gasteiger partial charge is 0.335 e. The maximum absolute atomic E-state index is 11.0. The van der Waals surface area contributed by atoms with E-state index in [0.29, 0.717) is 5.56 Å². The van der Waals surface area contributed by atoms with E-state index in [4.69, 9.17) is 5.11 Å². The van der Waals surface area contributed by atoms with Crippen LogP contribution in [0.5, 0.6) is 0 Å². The second-order valence-corrected chi connectivity index (χ2v) is 4.98. The molecule has 0 aliphatic rings. The predicted octanol–water partition coefficient (Wildman–Crippen LogP) is 1.99. The van der Waals surface area contributed by atoms with Crippen LogP contribution >= 0.6 is 0 Å². The van der Waals surface area contributed by atoms with Crippen LogP contribution in [0.2, 0.25) is 0 Å². The summed E-state index contributed by atoms with van der Waals surface area (Å²) < 4.78 is 2.09. The molecule has 2 rings (SSSR count). The first-order valence-corrected chi connectivity index (χ1v) is 6.34. The molecule has 1 heterocycles. The fraction of sp³-hybridized carbons (Fsp3) is 0.429. The first-order chi connectivity index (χ1) is 8.99. The highest BCUT2D eigenvalue weighted by Gasteiger charge is 2.10. The Morgan fingerprint density at radius 1 is 1.42 bits per heavy atom. The lowest BCUT2D eigenvalue weighted by atomic mass is 10.2. The fourth-order valence-electron chi connectivity index (χ4n) is 2.20. The Kier molecular flexibility index (Phi) is 3.85. The third kappa shape index (κ3) is 2.93. The SMILES string of the molecule is Cc1nc2ccc(C(=O)O)cc2n1CCCN(C)C. The van der Waals surface area contributed by atoms with E-state index < -0.39 is 5.97 Å². The van der Waals surface area contributed by atoms with Crippen molar-refractivity contribution in [2.24, 2.45) is 0 Å². The lowest BCUT2D eigenvalue weighted by Gasteiger charge is -2.11. The molecule has 0 atom stereocenters. The van der Waals surface area contributed by atoms with Crippen molar-refractivity contribution >= 4 is 17.0 Å². The summed E-state index contributed by atoms with van der Waals surface area (Å²) in [5, 5.41) is 9.05. The second-order valence-electron chi connectivity index (χ2n) is 4.98. The number of aromatic nitrogens is 2. The van der Waals surface area contributed by atoms with Gasteiger partial charge in [0.05, 0.1) is 16.6 Å². The number of aromatic carboxylic acids is 1. The number of hydrogen-bond donors (Lipinski definition) is 1. The van der Waals surface area contributed by atoms with Crippen LogP contribution in [-0.2, 0) is 6.54 Å².